The van der Waals surface area contributed by atoms with Crippen LogP contribution in [0.2, 0.25) is 0 Å². The quantitative estimate of drug-likeness (QED) is 0.688. The highest BCUT2D eigenvalue weighted by Gasteiger charge is 2.23. The molecule has 146 valence electrons. The molecule has 5 nitrogen and oxygen atoms in total. The van der Waals surface area contributed by atoms with E-state index in [9.17, 15) is 4.79 Å². The van der Waals surface area contributed by atoms with Crippen LogP contribution in [-0.4, -0.2) is 34.2 Å². The molecule has 0 spiro atoms. The lowest BCUT2D eigenvalue weighted by atomic mass is 10.1. The summed E-state index contributed by atoms with van der Waals surface area (Å²) in [6.45, 7) is 0. The minimum Gasteiger partial charge on any atom is -0.497 e. The summed E-state index contributed by atoms with van der Waals surface area (Å²) in [7, 11) is 6.43. The van der Waals surface area contributed by atoms with Crippen LogP contribution in [0.5, 0.6) is 23.0 Å². The summed E-state index contributed by atoms with van der Waals surface area (Å²) in [6.07, 6.45) is 5.21. The summed E-state index contributed by atoms with van der Waals surface area (Å²) >= 11 is 0. The van der Waals surface area contributed by atoms with Crippen molar-refractivity contribution in [2.45, 2.75) is 12.8 Å². The number of methoxy groups -OCH3 is 4. The molecule has 1 aliphatic rings. The van der Waals surface area contributed by atoms with Crippen LogP contribution >= 0.6 is 0 Å². The van der Waals surface area contributed by atoms with Gasteiger partial charge in [-0.05, 0) is 60.4 Å². The second kappa shape index (κ2) is 8.65. The molecule has 0 bridgehead atoms. The van der Waals surface area contributed by atoms with Crippen LogP contribution in [-0.2, 0) is 4.79 Å². The lowest BCUT2D eigenvalue weighted by Gasteiger charge is -2.07. The van der Waals surface area contributed by atoms with E-state index in [2.05, 4.69) is 0 Å². The van der Waals surface area contributed by atoms with Crippen molar-refractivity contribution in [1.29, 1.82) is 0 Å². The number of hydrogen-bond acceptors (Lipinski definition) is 5. The van der Waals surface area contributed by atoms with E-state index >= 15 is 0 Å². The SMILES string of the molecule is COc1cc(C=C2CCC(=Cc3cc(OC)cc(OC)c3)C2=O)cc(OC)c1. The molecule has 0 aliphatic heterocycles. The number of allylic oxidation sites excluding steroid dienone is 2. The van der Waals surface area contributed by atoms with E-state index in [-0.39, 0.29) is 5.78 Å². The summed E-state index contributed by atoms with van der Waals surface area (Å²) in [4.78, 5) is 12.9. The van der Waals surface area contributed by atoms with Gasteiger partial charge in [-0.2, -0.15) is 0 Å². The molecular weight excluding hydrogens is 356 g/mol. The van der Waals surface area contributed by atoms with Gasteiger partial charge in [0.05, 0.1) is 28.4 Å². The number of carbonyl (C=O) groups is 1. The van der Waals surface area contributed by atoms with E-state index in [1.54, 1.807) is 40.6 Å². The molecule has 0 aromatic heterocycles. The first-order valence-electron chi connectivity index (χ1n) is 8.98. The Kier molecular flexibility index (Phi) is 6.04. The zero-order valence-electron chi connectivity index (χ0n) is 16.6. The third-order valence-electron chi connectivity index (χ3n) is 4.68. The number of benzene rings is 2. The third kappa shape index (κ3) is 4.36. The average Bonchev–Trinajstić information content (AvgIpc) is 3.06. The predicted octanol–water partition coefficient (Wildman–Crippen LogP) is 4.55. The molecular formula is C23H24O5. The highest BCUT2D eigenvalue weighted by molar-refractivity contribution is 6.15. The van der Waals surface area contributed by atoms with Crippen LogP contribution in [0.3, 0.4) is 0 Å². The summed E-state index contributed by atoms with van der Waals surface area (Å²) in [5, 5.41) is 0. The maximum absolute atomic E-state index is 12.9. The molecule has 0 saturated heterocycles. The van der Waals surface area contributed by atoms with Gasteiger partial charge in [-0.3, -0.25) is 4.79 Å². The Labute approximate surface area is 165 Å². The standard InChI is InChI=1S/C23H24O5/c1-25-19-9-15(10-20(13-19)26-2)7-17-5-6-18(23(17)24)8-16-11-21(27-3)14-22(12-16)28-4/h7-14H,5-6H2,1-4H3. The van der Waals surface area contributed by atoms with E-state index in [1.807, 2.05) is 36.4 Å². The van der Waals surface area contributed by atoms with Crippen LogP contribution in [0, 0.1) is 0 Å². The minimum atomic E-state index is 0.0589. The molecule has 0 unspecified atom stereocenters. The van der Waals surface area contributed by atoms with Gasteiger partial charge in [0.2, 0.25) is 0 Å². The highest BCUT2D eigenvalue weighted by atomic mass is 16.5. The summed E-state index contributed by atoms with van der Waals surface area (Å²) in [6, 6.07) is 11.2. The van der Waals surface area contributed by atoms with Crippen molar-refractivity contribution < 1.29 is 23.7 Å². The normalized spacial score (nSPS) is 16.5. The Hall–Kier alpha value is -3.21. The lowest BCUT2D eigenvalue weighted by Crippen LogP contribution is -1.96. The predicted molar refractivity (Wildman–Crippen MR) is 109 cm³/mol. The van der Waals surface area contributed by atoms with E-state index in [0.717, 1.165) is 22.3 Å². The van der Waals surface area contributed by atoms with Crippen molar-refractivity contribution in [1.82, 2.24) is 0 Å². The lowest BCUT2D eigenvalue weighted by molar-refractivity contribution is -0.111. The second-order valence-electron chi connectivity index (χ2n) is 6.46. The fraction of sp³-hybridized carbons (Fsp3) is 0.261. The first-order chi connectivity index (χ1) is 13.6. The molecule has 0 heterocycles. The van der Waals surface area contributed by atoms with Crippen molar-refractivity contribution in [2.24, 2.45) is 0 Å². The van der Waals surface area contributed by atoms with Crippen molar-refractivity contribution >= 4 is 17.9 Å². The first-order valence-corrected chi connectivity index (χ1v) is 8.98. The van der Waals surface area contributed by atoms with Crippen LogP contribution in [0.15, 0.2) is 47.5 Å². The number of Topliss-reactive ketones (excluding diaryl/α,β-unsaturated/α-hetero) is 1. The molecule has 2 aromatic carbocycles. The molecule has 1 saturated carbocycles. The van der Waals surface area contributed by atoms with Gasteiger partial charge >= 0.3 is 0 Å². The van der Waals surface area contributed by atoms with Gasteiger partial charge in [0.25, 0.3) is 0 Å². The van der Waals surface area contributed by atoms with Gasteiger partial charge in [-0.1, -0.05) is 0 Å². The number of ether oxygens (including phenoxy) is 4. The van der Waals surface area contributed by atoms with Crippen LogP contribution in [0.1, 0.15) is 24.0 Å². The molecule has 2 aromatic rings. The van der Waals surface area contributed by atoms with Crippen molar-refractivity contribution in [2.75, 3.05) is 28.4 Å². The van der Waals surface area contributed by atoms with Gasteiger partial charge in [0.1, 0.15) is 23.0 Å². The van der Waals surface area contributed by atoms with E-state index in [4.69, 9.17) is 18.9 Å². The molecule has 3 rings (SSSR count). The Morgan fingerprint density at radius 3 is 1.21 bits per heavy atom. The Morgan fingerprint density at radius 1 is 0.607 bits per heavy atom. The second-order valence-corrected chi connectivity index (χ2v) is 6.46. The number of ketones is 1. The maximum atomic E-state index is 12.9. The van der Waals surface area contributed by atoms with Crippen molar-refractivity contribution in [3.8, 4) is 23.0 Å². The van der Waals surface area contributed by atoms with E-state index in [1.165, 1.54) is 0 Å². The van der Waals surface area contributed by atoms with Gasteiger partial charge in [-0.15, -0.1) is 0 Å². The molecule has 1 aliphatic carbocycles. The zero-order valence-corrected chi connectivity index (χ0v) is 16.6. The van der Waals surface area contributed by atoms with Crippen molar-refractivity contribution in [3.63, 3.8) is 0 Å². The maximum Gasteiger partial charge on any atom is 0.185 e. The monoisotopic (exact) mass is 380 g/mol. The highest BCUT2D eigenvalue weighted by Crippen LogP contribution is 2.32. The van der Waals surface area contributed by atoms with Crippen LogP contribution in [0.25, 0.3) is 12.2 Å². The fourth-order valence-corrected chi connectivity index (χ4v) is 3.21. The smallest absolute Gasteiger partial charge is 0.185 e. The van der Waals surface area contributed by atoms with Gasteiger partial charge in [0.15, 0.2) is 5.78 Å². The molecule has 1 fully saturated rings. The van der Waals surface area contributed by atoms with Gasteiger partial charge in [0, 0.05) is 23.3 Å². The molecule has 0 amide bonds. The summed E-state index contributed by atoms with van der Waals surface area (Å²) < 4.78 is 21.2. The molecule has 0 N–H and O–H groups in total. The summed E-state index contributed by atoms with van der Waals surface area (Å²) in [5.41, 5.74) is 3.31. The number of carbonyl (C=O) groups excluding carboxylic acids is 1. The van der Waals surface area contributed by atoms with Gasteiger partial charge < -0.3 is 18.9 Å². The molecule has 5 heteroatoms. The van der Waals surface area contributed by atoms with Gasteiger partial charge in [-0.25, -0.2) is 0 Å². The fourth-order valence-electron chi connectivity index (χ4n) is 3.21. The van der Waals surface area contributed by atoms with E-state index < -0.39 is 0 Å². The first kappa shape index (κ1) is 19.5. The summed E-state index contributed by atoms with van der Waals surface area (Å²) in [5.74, 6) is 2.82. The van der Waals surface area contributed by atoms with Crippen LogP contribution < -0.4 is 18.9 Å². The third-order valence-corrected chi connectivity index (χ3v) is 4.68. The molecule has 0 atom stereocenters. The largest absolute Gasteiger partial charge is 0.497 e. The number of rotatable bonds is 6. The van der Waals surface area contributed by atoms with Crippen LogP contribution in [0.4, 0.5) is 0 Å². The Balaban J connectivity index is 1.89. The molecule has 28 heavy (non-hydrogen) atoms. The average molecular weight is 380 g/mol. The molecule has 0 radical (unpaired) electrons. The Morgan fingerprint density at radius 2 is 0.929 bits per heavy atom. The van der Waals surface area contributed by atoms with Crippen molar-refractivity contribution in [3.05, 3.63) is 58.7 Å². The topological polar surface area (TPSA) is 54.0 Å². The zero-order chi connectivity index (χ0) is 20.1. The minimum absolute atomic E-state index is 0.0589. The van der Waals surface area contributed by atoms with E-state index in [0.29, 0.717) is 35.8 Å². The Bertz CT molecular complexity index is 820. The number of hydrogen-bond donors (Lipinski definition) is 0.